The van der Waals surface area contributed by atoms with Crippen LogP contribution in [0.3, 0.4) is 0 Å². The summed E-state index contributed by atoms with van der Waals surface area (Å²) in [6.45, 7) is 2.61. The van der Waals surface area contributed by atoms with Crippen molar-refractivity contribution in [3.05, 3.63) is 29.8 Å². The Hall–Kier alpha value is -1.99. The van der Waals surface area contributed by atoms with Gasteiger partial charge in [-0.15, -0.1) is 6.42 Å². The van der Waals surface area contributed by atoms with Crippen LogP contribution in [-0.4, -0.2) is 25.1 Å². The maximum atomic E-state index is 11.7. The number of para-hydroxylation sites is 1. The second kappa shape index (κ2) is 5.56. The van der Waals surface area contributed by atoms with Crippen molar-refractivity contribution in [2.75, 3.05) is 13.2 Å². The molecule has 0 spiro atoms. The molecular weight excluding hydrogens is 228 g/mol. The summed E-state index contributed by atoms with van der Waals surface area (Å²) >= 11 is 0. The van der Waals surface area contributed by atoms with Gasteiger partial charge in [0.05, 0.1) is 18.6 Å². The molecule has 0 aliphatic carbocycles. The van der Waals surface area contributed by atoms with Crippen LogP contribution in [-0.2, 0) is 4.79 Å². The summed E-state index contributed by atoms with van der Waals surface area (Å²) in [6.07, 6.45) is 5.10. The fraction of sp³-hybridized carbons (Fsp3) is 0.357. The number of amides is 1. The Morgan fingerprint density at radius 1 is 1.61 bits per heavy atom. The minimum absolute atomic E-state index is 0.0489. The van der Waals surface area contributed by atoms with Gasteiger partial charge in [-0.3, -0.25) is 10.1 Å². The molecule has 0 fully saturated rings. The Balaban J connectivity index is 1.95. The lowest BCUT2D eigenvalue weighted by Gasteiger charge is -2.17. The van der Waals surface area contributed by atoms with Crippen LogP contribution < -0.4 is 15.4 Å². The van der Waals surface area contributed by atoms with Crippen molar-refractivity contribution in [3.63, 3.8) is 0 Å². The van der Waals surface area contributed by atoms with Crippen LogP contribution in [0.15, 0.2) is 24.3 Å². The van der Waals surface area contributed by atoms with Gasteiger partial charge in [0.1, 0.15) is 12.4 Å². The quantitative estimate of drug-likeness (QED) is 0.772. The van der Waals surface area contributed by atoms with Crippen LogP contribution in [0.4, 0.5) is 0 Å². The maximum Gasteiger partial charge on any atom is 0.237 e. The number of ether oxygens (including phenoxy) is 1. The minimum Gasteiger partial charge on any atom is -0.491 e. The number of carbonyl (C=O) groups is 1. The Morgan fingerprint density at radius 3 is 3.17 bits per heavy atom. The van der Waals surface area contributed by atoms with Gasteiger partial charge in [-0.05, 0) is 13.0 Å². The molecule has 2 unspecified atom stereocenters. The Labute approximate surface area is 107 Å². The van der Waals surface area contributed by atoms with Gasteiger partial charge in [0.15, 0.2) is 0 Å². The average molecular weight is 244 g/mol. The zero-order valence-electron chi connectivity index (χ0n) is 10.3. The van der Waals surface area contributed by atoms with Gasteiger partial charge in [-0.25, -0.2) is 0 Å². The third-order valence-electron chi connectivity index (χ3n) is 2.91. The van der Waals surface area contributed by atoms with E-state index in [0.717, 1.165) is 11.3 Å². The molecule has 94 valence electrons. The number of nitrogens with one attached hydrogen (secondary N) is 2. The first-order valence-electron chi connectivity index (χ1n) is 5.91. The van der Waals surface area contributed by atoms with Gasteiger partial charge < -0.3 is 10.1 Å². The SMILES string of the molecule is C#CCNC(=O)C(C)NC1COc2ccccc21. The Morgan fingerprint density at radius 2 is 2.39 bits per heavy atom. The van der Waals surface area contributed by atoms with Crippen LogP contribution in [0.5, 0.6) is 5.75 Å². The van der Waals surface area contributed by atoms with E-state index in [0.29, 0.717) is 6.61 Å². The molecule has 1 aliphatic rings. The lowest BCUT2D eigenvalue weighted by atomic mass is 10.1. The summed E-state index contributed by atoms with van der Waals surface area (Å²) in [4.78, 5) is 11.7. The molecule has 4 nitrogen and oxygen atoms in total. The van der Waals surface area contributed by atoms with E-state index < -0.39 is 0 Å². The van der Waals surface area contributed by atoms with Crippen LogP contribution >= 0.6 is 0 Å². The van der Waals surface area contributed by atoms with Crippen molar-refractivity contribution in [1.29, 1.82) is 0 Å². The molecule has 2 rings (SSSR count). The lowest BCUT2D eigenvalue weighted by molar-refractivity contribution is -0.122. The van der Waals surface area contributed by atoms with E-state index in [-0.39, 0.29) is 24.5 Å². The van der Waals surface area contributed by atoms with E-state index in [4.69, 9.17) is 11.2 Å². The zero-order chi connectivity index (χ0) is 13.0. The molecule has 2 N–H and O–H groups in total. The van der Waals surface area contributed by atoms with E-state index in [9.17, 15) is 4.79 Å². The molecule has 1 aromatic carbocycles. The molecule has 1 aromatic rings. The van der Waals surface area contributed by atoms with E-state index >= 15 is 0 Å². The standard InChI is InChI=1S/C14H16N2O2/c1-3-8-15-14(17)10(2)16-12-9-18-13-7-5-4-6-11(12)13/h1,4-7,10,12,16H,8-9H2,2H3,(H,15,17). The fourth-order valence-corrected chi connectivity index (χ4v) is 1.97. The molecule has 4 heteroatoms. The smallest absolute Gasteiger partial charge is 0.237 e. The third-order valence-corrected chi connectivity index (χ3v) is 2.91. The van der Waals surface area contributed by atoms with Gasteiger partial charge >= 0.3 is 0 Å². The van der Waals surface area contributed by atoms with E-state index in [2.05, 4.69) is 16.6 Å². The highest BCUT2D eigenvalue weighted by molar-refractivity contribution is 5.81. The summed E-state index contributed by atoms with van der Waals surface area (Å²) in [6, 6.07) is 7.58. The second-order valence-corrected chi connectivity index (χ2v) is 4.21. The second-order valence-electron chi connectivity index (χ2n) is 4.21. The largest absolute Gasteiger partial charge is 0.491 e. The maximum absolute atomic E-state index is 11.7. The molecule has 1 heterocycles. The molecule has 0 saturated carbocycles. The molecule has 1 amide bonds. The van der Waals surface area contributed by atoms with Crippen LogP contribution in [0, 0.1) is 12.3 Å². The van der Waals surface area contributed by atoms with Crippen LogP contribution in [0.1, 0.15) is 18.5 Å². The van der Waals surface area contributed by atoms with Crippen molar-refractivity contribution in [1.82, 2.24) is 10.6 Å². The number of hydrogen-bond acceptors (Lipinski definition) is 3. The highest BCUT2D eigenvalue weighted by Gasteiger charge is 2.26. The van der Waals surface area contributed by atoms with Crippen LogP contribution in [0.25, 0.3) is 0 Å². The molecule has 1 aliphatic heterocycles. The first-order valence-corrected chi connectivity index (χ1v) is 5.91. The number of carbonyl (C=O) groups excluding carboxylic acids is 1. The van der Waals surface area contributed by atoms with Crippen molar-refractivity contribution < 1.29 is 9.53 Å². The highest BCUT2D eigenvalue weighted by Crippen LogP contribution is 2.31. The van der Waals surface area contributed by atoms with Crippen molar-refractivity contribution >= 4 is 5.91 Å². The van der Waals surface area contributed by atoms with Gasteiger partial charge in [0.25, 0.3) is 0 Å². The predicted octanol–water partition coefficient (Wildman–Crippen LogP) is 0.848. The van der Waals surface area contributed by atoms with E-state index in [1.165, 1.54) is 0 Å². The Bertz CT molecular complexity index is 479. The lowest BCUT2D eigenvalue weighted by Crippen LogP contribution is -2.44. The topological polar surface area (TPSA) is 50.4 Å². The van der Waals surface area contributed by atoms with Crippen molar-refractivity contribution in [2.45, 2.75) is 19.0 Å². The van der Waals surface area contributed by atoms with Gasteiger partial charge in [-0.2, -0.15) is 0 Å². The predicted molar refractivity (Wildman–Crippen MR) is 69.1 cm³/mol. The van der Waals surface area contributed by atoms with Crippen molar-refractivity contribution in [3.8, 4) is 18.1 Å². The average Bonchev–Trinajstić information content (AvgIpc) is 2.79. The van der Waals surface area contributed by atoms with Gasteiger partial charge in [0.2, 0.25) is 5.91 Å². The Kier molecular flexibility index (Phi) is 3.85. The first kappa shape index (κ1) is 12.5. The normalized spacial score (nSPS) is 18.3. The van der Waals surface area contributed by atoms with Gasteiger partial charge in [0, 0.05) is 5.56 Å². The molecule has 0 aromatic heterocycles. The van der Waals surface area contributed by atoms with Crippen LogP contribution in [0.2, 0.25) is 0 Å². The third kappa shape index (κ3) is 2.63. The molecule has 0 saturated heterocycles. The van der Waals surface area contributed by atoms with Gasteiger partial charge in [-0.1, -0.05) is 24.1 Å². The molecule has 0 radical (unpaired) electrons. The molecule has 2 atom stereocenters. The number of fused-ring (bicyclic) bond motifs is 1. The fourth-order valence-electron chi connectivity index (χ4n) is 1.97. The molecular formula is C14H16N2O2. The monoisotopic (exact) mass is 244 g/mol. The molecule has 18 heavy (non-hydrogen) atoms. The number of rotatable bonds is 4. The number of terminal acetylenes is 1. The summed E-state index contributed by atoms with van der Waals surface area (Å²) < 4.78 is 5.55. The molecule has 0 bridgehead atoms. The van der Waals surface area contributed by atoms with Crippen molar-refractivity contribution in [2.24, 2.45) is 0 Å². The minimum atomic E-state index is -0.307. The summed E-state index contributed by atoms with van der Waals surface area (Å²) in [7, 11) is 0. The highest BCUT2D eigenvalue weighted by atomic mass is 16.5. The van der Waals surface area contributed by atoms with E-state index in [1.807, 2.05) is 31.2 Å². The first-order chi connectivity index (χ1) is 8.72. The zero-order valence-corrected chi connectivity index (χ0v) is 10.3. The summed E-state index contributed by atoms with van der Waals surface area (Å²) in [5, 5.41) is 5.89. The summed E-state index contributed by atoms with van der Waals surface area (Å²) in [5.74, 6) is 3.16. The van der Waals surface area contributed by atoms with E-state index in [1.54, 1.807) is 0 Å². The summed E-state index contributed by atoms with van der Waals surface area (Å²) in [5.41, 5.74) is 1.09. The number of benzene rings is 1. The number of hydrogen-bond donors (Lipinski definition) is 2.